The van der Waals surface area contributed by atoms with Crippen molar-refractivity contribution in [2.75, 3.05) is 6.61 Å². The Morgan fingerprint density at radius 2 is 1.91 bits per heavy atom. The molecule has 0 radical (unpaired) electrons. The summed E-state index contributed by atoms with van der Waals surface area (Å²) in [4.78, 5) is 0. The maximum absolute atomic E-state index is 6.58. The number of hydrogen-bond acceptors (Lipinski definition) is 1. The predicted octanol–water partition coefficient (Wildman–Crippen LogP) is 1.65. The smallest absolute Gasteiger partial charge is 0.690 e. The molecule has 0 aromatic heterocycles. The fraction of sp³-hybridized carbons (Fsp3) is 0.111. The fourth-order valence-electron chi connectivity index (χ4n) is 0.636. The Hall–Kier alpha value is -0.901. The molecule has 0 aliphatic rings. The quantitative estimate of drug-likeness (QED) is 0.395. The normalized spacial score (nSPS) is 7.55. The minimum absolute atomic E-state index is 0. The van der Waals surface area contributed by atoms with Crippen molar-refractivity contribution in [2.24, 2.45) is 0 Å². The summed E-state index contributed by atoms with van der Waals surface area (Å²) in [5, 5.41) is 0. The second-order valence-corrected chi connectivity index (χ2v) is 1.78. The van der Waals surface area contributed by atoms with Crippen LogP contribution >= 0.6 is 0 Å². The van der Waals surface area contributed by atoms with Crippen LogP contribution in [0, 0.1) is 12.3 Å². The molecule has 0 bridgehead atoms. The van der Waals surface area contributed by atoms with Gasteiger partial charge in [-0.3, -0.25) is 0 Å². The maximum Gasteiger partial charge on any atom is 1.00 e. The molecule has 0 aliphatic carbocycles. The Balaban J connectivity index is 0.000001000. The summed E-state index contributed by atoms with van der Waals surface area (Å²) >= 11 is 0. The Bertz CT molecular complexity index is 225. The molecule has 1 aromatic rings. The zero-order valence-electron chi connectivity index (χ0n) is 5.80. The summed E-state index contributed by atoms with van der Waals surface area (Å²) in [6.07, 6.45) is 6.58. The van der Waals surface area contributed by atoms with Crippen molar-refractivity contribution in [3.8, 4) is 11.7 Å². The van der Waals surface area contributed by atoms with Crippen LogP contribution in [0.15, 0.2) is 30.3 Å². The van der Waals surface area contributed by atoms with Gasteiger partial charge in [-0.2, -0.15) is 0 Å². The summed E-state index contributed by atoms with van der Waals surface area (Å²) in [5.74, 6) is 2.92. The van der Waals surface area contributed by atoms with Crippen molar-refractivity contribution in [1.82, 2.24) is 0 Å². The van der Waals surface area contributed by atoms with Crippen LogP contribution in [0.25, 0.3) is 0 Å². The molecule has 1 rings (SSSR count). The Morgan fingerprint density at radius 1 is 1.27 bits per heavy atom. The first-order chi connectivity index (χ1) is 4.93. The Kier molecular flexibility index (Phi) is 5.37. The Morgan fingerprint density at radius 3 is 2.45 bits per heavy atom. The minimum Gasteiger partial charge on any atom is -0.690 e. The molecule has 0 spiro atoms. The molecule has 0 amide bonds. The summed E-state index contributed by atoms with van der Waals surface area (Å²) < 4.78 is 5.06. The molecule has 0 N–H and O–H groups in total. The van der Waals surface area contributed by atoms with Gasteiger partial charge in [0.2, 0.25) is 0 Å². The van der Waals surface area contributed by atoms with Crippen molar-refractivity contribution in [2.45, 2.75) is 0 Å². The van der Waals surface area contributed by atoms with Gasteiger partial charge in [-0.1, -0.05) is 18.2 Å². The average Bonchev–Trinajstić information content (AvgIpc) is 2.03. The van der Waals surface area contributed by atoms with Gasteiger partial charge in [-0.05, 0) is 12.1 Å². The predicted molar refractivity (Wildman–Crippen MR) is 39.1 cm³/mol. The van der Waals surface area contributed by atoms with E-state index in [-0.39, 0.29) is 23.7 Å². The van der Waals surface area contributed by atoms with E-state index in [9.17, 15) is 0 Å². The van der Waals surface area contributed by atoms with Gasteiger partial charge in [0, 0.05) is 0 Å². The first-order valence-corrected chi connectivity index (χ1v) is 3.01. The van der Waals surface area contributed by atoms with Gasteiger partial charge in [0.25, 0.3) is 0 Å². The summed E-state index contributed by atoms with van der Waals surface area (Å²) in [7, 11) is 0. The molecule has 0 heterocycles. The van der Waals surface area contributed by atoms with Crippen LogP contribution in [0.5, 0.6) is 5.75 Å². The largest absolute Gasteiger partial charge is 1.00 e. The zero-order chi connectivity index (χ0) is 7.23. The second kappa shape index (κ2) is 5.85. The van der Waals surface area contributed by atoms with Crippen LogP contribution in [0.1, 0.15) is 0 Å². The van der Waals surface area contributed by atoms with E-state index in [2.05, 4.69) is 5.92 Å². The molecule has 0 aliphatic heterocycles. The van der Waals surface area contributed by atoms with Crippen molar-refractivity contribution in [1.29, 1.82) is 0 Å². The van der Waals surface area contributed by atoms with Gasteiger partial charge in [-0.15, -0.1) is 0 Å². The molecule has 1 aromatic carbocycles. The molecule has 0 saturated heterocycles. The van der Waals surface area contributed by atoms with Gasteiger partial charge in [0.05, 0.1) is 0 Å². The third-order valence-electron chi connectivity index (χ3n) is 1.05. The summed E-state index contributed by atoms with van der Waals surface area (Å²) in [6, 6.07) is 9.38. The van der Waals surface area contributed by atoms with Crippen LogP contribution in [0.2, 0.25) is 0 Å². The second-order valence-electron chi connectivity index (χ2n) is 1.78. The number of hydrogen-bond donors (Lipinski definition) is 0. The molecule has 0 saturated carbocycles. The van der Waals surface area contributed by atoms with E-state index < -0.39 is 0 Å². The number of rotatable bonds is 2. The van der Waals surface area contributed by atoms with Gasteiger partial charge in [0.15, 0.2) is 0 Å². The van der Waals surface area contributed by atoms with Crippen LogP contribution in [0.4, 0.5) is 0 Å². The summed E-state index contributed by atoms with van der Waals surface area (Å²) in [5.41, 5.74) is 0. The van der Waals surface area contributed by atoms with Crippen molar-refractivity contribution >= 4 is 0 Å². The number of ether oxygens (including phenoxy) is 1. The first-order valence-electron chi connectivity index (χ1n) is 3.01. The standard InChI is InChI=1S/C9H7O.Cu/c1-2-8-10-9-6-4-3-5-7-9;/h3-7H,8H2;/q-1;+1. The molecule has 0 atom stereocenters. The van der Waals surface area contributed by atoms with Crippen molar-refractivity contribution in [3.05, 3.63) is 36.8 Å². The van der Waals surface area contributed by atoms with E-state index in [1.54, 1.807) is 0 Å². The molecule has 11 heavy (non-hydrogen) atoms. The van der Waals surface area contributed by atoms with Gasteiger partial charge >= 0.3 is 17.1 Å². The van der Waals surface area contributed by atoms with Crippen LogP contribution < -0.4 is 4.74 Å². The van der Waals surface area contributed by atoms with E-state index >= 15 is 0 Å². The van der Waals surface area contributed by atoms with Gasteiger partial charge in [-0.25, -0.2) is 0 Å². The van der Waals surface area contributed by atoms with Crippen LogP contribution in [-0.2, 0) is 17.1 Å². The third kappa shape index (κ3) is 3.72. The SMILES string of the molecule is [C-]#CCOc1ccccc1.[Cu+]. The van der Waals surface area contributed by atoms with E-state index in [1.165, 1.54) is 0 Å². The van der Waals surface area contributed by atoms with Crippen molar-refractivity contribution < 1.29 is 21.8 Å². The van der Waals surface area contributed by atoms with E-state index in [4.69, 9.17) is 11.2 Å². The molecule has 0 unspecified atom stereocenters. The van der Waals surface area contributed by atoms with Gasteiger partial charge < -0.3 is 17.1 Å². The van der Waals surface area contributed by atoms with Crippen LogP contribution in [-0.4, -0.2) is 6.61 Å². The van der Waals surface area contributed by atoms with E-state index in [1.807, 2.05) is 30.3 Å². The maximum atomic E-state index is 6.58. The first kappa shape index (κ1) is 10.1. The molecular formula is C9H7CuO. The average molecular weight is 195 g/mol. The number of benzene rings is 1. The molecule has 0 fully saturated rings. The molecule has 60 valence electrons. The van der Waals surface area contributed by atoms with E-state index in [0.717, 1.165) is 5.75 Å². The number of para-hydroxylation sites is 1. The third-order valence-corrected chi connectivity index (χ3v) is 1.05. The summed E-state index contributed by atoms with van der Waals surface area (Å²) in [6.45, 7) is 0.226. The fourth-order valence-corrected chi connectivity index (χ4v) is 0.636. The van der Waals surface area contributed by atoms with Crippen molar-refractivity contribution in [3.63, 3.8) is 0 Å². The monoisotopic (exact) mass is 194 g/mol. The molecular weight excluding hydrogens is 188 g/mol. The topological polar surface area (TPSA) is 9.23 Å². The minimum atomic E-state index is 0. The molecule has 1 nitrogen and oxygen atoms in total. The van der Waals surface area contributed by atoms with Gasteiger partial charge in [0.1, 0.15) is 12.4 Å². The zero-order valence-corrected chi connectivity index (χ0v) is 6.75. The Labute approximate surface area is 77.2 Å². The van der Waals surface area contributed by atoms with E-state index in [0.29, 0.717) is 0 Å². The van der Waals surface area contributed by atoms with Crippen LogP contribution in [0.3, 0.4) is 0 Å². The molecule has 2 heteroatoms.